The molecule has 2 N–H and O–H groups in total. The highest BCUT2D eigenvalue weighted by molar-refractivity contribution is 6.42. The van der Waals surface area contributed by atoms with Crippen molar-refractivity contribution in [3.63, 3.8) is 0 Å². The molecule has 0 aliphatic rings. The van der Waals surface area contributed by atoms with Gasteiger partial charge in [-0.2, -0.15) is 14.9 Å². The van der Waals surface area contributed by atoms with E-state index in [1.165, 1.54) is 6.07 Å². The van der Waals surface area contributed by atoms with Gasteiger partial charge in [-0.15, -0.1) is 5.11 Å². The summed E-state index contributed by atoms with van der Waals surface area (Å²) < 4.78 is 0.845. The average molecular weight is 476 g/mol. The van der Waals surface area contributed by atoms with Crippen LogP contribution >= 0.6 is 34.8 Å². The molecule has 8 nitrogen and oxygen atoms in total. The van der Waals surface area contributed by atoms with Gasteiger partial charge in [-0.3, -0.25) is 19.8 Å². The van der Waals surface area contributed by atoms with Gasteiger partial charge in [-0.05, 0) is 43.3 Å². The van der Waals surface area contributed by atoms with Gasteiger partial charge in [0.05, 0.1) is 27.1 Å². The number of aromatic amines is 2. The molecular formula is C20H13Cl3N6O2. The van der Waals surface area contributed by atoms with Crippen LogP contribution in [0.2, 0.25) is 15.1 Å². The standard InChI is InChI=1S/C20H13Cl3N6O2/c1-10-18(27-24-13-6-7-14(22)15(23)8-13)20(31)29(28-10)19(30)17-9-16(25-26-17)11-2-4-12(21)5-3-11/h2-9,28H,1H3,(H,25,26). The lowest BCUT2D eigenvalue weighted by atomic mass is 10.1. The number of nitrogens with one attached hydrogen (secondary N) is 2. The van der Waals surface area contributed by atoms with Crippen molar-refractivity contribution in [3.05, 3.63) is 85.3 Å². The van der Waals surface area contributed by atoms with Crippen molar-refractivity contribution < 1.29 is 4.79 Å². The number of aryl methyl sites for hydroxylation is 1. The van der Waals surface area contributed by atoms with Crippen molar-refractivity contribution in [2.24, 2.45) is 10.2 Å². The molecule has 31 heavy (non-hydrogen) atoms. The normalized spacial score (nSPS) is 11.4. The van der Waals surface area contributed by atoms with Crippen molar-refractivity contribution in [2.45, 2.75) is 6.92 Å². The number of carbonyl (C=O) groups is 1. The molecule has 0 saturated carbocycles. The van der Waals surface area contributed by atoms with Crippen LogP contribution < -0.4 is 5.56 Å². The van der Waals surface area contributed by atoms with Gasteiger partial charge in [0.1, 0.15) is 5.69 Å². The zero-order chi connectivity index (χ0) is 22.1. The first kappa shape index (κ1) is 21.0. The number of azo groups is 1. The van der Waals surface area contributed by atoms with E-state index in [1.54, 1.807) is 49.4 Å². The second kappa shape index (κ2) is 8.50. The lowest BCUT2D eigenvalue weighted by Crippen LogP contribution is -2.25. The third kappa shape index (κ3) is 4.32. The van der Waals surface area contributed by atoms with Crippen LogP contribution in [0.4, 0.5) is 11.4 Å². The van der Waals surface area contributed by atoms with Crippen LogP contribution in [-0.4, -0.2) is 25.9 Å². The molecule has 4 rings (SSSR count). The van der Waals surface area contributed by atoms with E-state index in [9.17, 15) is 9.59 Å². The van der Waals surface area contributed by atoms with Crippen LogP contribution in [0.25, 0.3) is 11.3 Å². The molecule has 0 bridgehead atoms. The molecule has 0 amide bonds. The van der Waals surface area contributed by atoms with Gasteiger partial charge in [-0.25, -0.2) is 0 Å². The fourth-order valence-corrected chi connectivity index (χ4v) is 3.19. The molecule has 0 atom stereocenters. The second-order valence-electron chi connectivity index (χ2n) is 6.50. The summed E-state index contributed by atoms with van der Waals surface area (Å²) in [5.74, 6) is -0.614. The summed E-state index contributed by atoms with van der Waals surface area (Å²) in [7, 11) is 0. The summed E-state index contributed by atoms with van der Waals surface area (Å²) in [6.07, 6.45) is 0. The first-order valence-corrected chi connectivity index (χ1v) is 10.0. The summed E-state index contributed by atoms with van der Waals surface area (Å²) in [5.41, 5.74) is 1.57. The Labute approximate surface area is 190 Å². The summed E-state index contributed by atoms with van der Waals surface area (Å²) in [6, 6.07) is 13.2. The number of rotatable bonds is 4. The minimum Gasteiger partial charge on any atom is -0.290 e. The van der Waals surface area contributed by atoms with E-state index in [0.717, 1.165) is 10.2 Å². The molecular weight excluding hydrogens is 463 g/mol. The average Bonchev–Trinajstić information content (AvgIpc) is 3.34. The molecule has 11 heteroatoms. The molecule has 0 aliphatic heterocycles. The number of nitrogens with zero attached hydrogens (tertiary/aromatic N) is 4. The van der Waals surface area contributed by atoms with Gasteiger partial charge in [0, 0.05) is 10.6 Å². The highest BCUT2D eigenvalue weighted by atomic mass is 35.5. The number of carbonyl (C=O) groups excluding carboxylic acids is 1. The van der Waals surface area contributed by atoms with Crippen LogP contribution in [0.1, 0.15) is 16.2 Å². The fraction of sp³-hybridized carbons (Fsp3) is 0.0500. The van der Waals surface area contributed by atoms with E-state index in [1.807, 2.05) is 0 Å². The summed E-state index contributed by atoms with van der Waals surface area (Å²) in [4.78, 5) is 25.5. The van der Waals surface area contributed by atoms with E-state index in [0.29, 0.717) is 32.1 Å². The number of hydrogen-bond donors (Lipinski definition) is 2. The Balaban J connectivity index is 1.61. The fourth-order valence-electron chi connectivity index (χ4n) is 2.77. The van der Waals surface area contributed by atoms with E-state index in [2.05, 4.69) is 25.5 Å². The number of benzene rings is 2. The van der Waals surface area contributed by atoms with Gasteiger partial charge in [0.25, 0.3) is 5.91 Å². The van der Waals surface area contributed by atoms with Gasteiger partial charge in [-0.1, -0.05) is 46.9 Å². The van der Waals surface area contributed by atoms with Gasteiger partial charge >= 0.3 is 5.56 Å². The van der Waals surface area contributed by atoms with Gasteiger partial charge in [0.2, 0.25) is 0 Å². The molecule has 2 heterocycles. The number of H-pyrrole nitrogens is 2. The Bertz CT molecular complexity index is 1370. The molecule has 0 radical (unpaired) electrons. The van der Waals surface area contributed by atoms with Crippen molar-refractivity contribution in [2.75, 3.05) is 0 Å². The summed E-state index contributed by atoms with van der Waals surface area (Å²) in [5, 5.41) is 18.7. The zero-order valence-electron chi connectivity index (χ0n) is 15.9. The van der Waals surface area contributed by atoms with E-state index < -0.39 is 11.5 Å². The quantitative estimate of drug-likeness (QED) is 0.356. The predicted octanol–water partition coefficient (Wildman–Crippen LogP) is 5.94. The number of hydrogen-bond acceptors (Lipinski definition) is 5. The Morgan fingerprint density at radius 3 is 2.45 bits per heavy atom. The number of halogens is 3. The predicted molar refractivity (Wildman–Crippen MR) is 119 cm³/mol. The van der Waals surface area contributed by atoms with Crippen LogP contribution in [0.5, 0.6) is 0 Å². The molecule has 0 spiro atoms. The minimum atomic E-state index is -0.644. The lowest BCUT2D eigenvalue weighted by Gasteiger charge is -1.96. The molecule has 0 saturated heterocycles. The maximum Gasteiger partial charge on any atom is 0.302 e. The SMILES string of the molecule is Cc1[nH]n(C(=O)c2cc(-c3ccc(Cl)cc3)n[nH]2)c(=O)c1N=Nc1ccc(Cl)c(Cl)c1. The summed E-state index contributed by atoms with van der Waals surface area (Å²) in [6.45, 7) is 1.61. The smallest absolute Gasteiger partial charge is 0.290 e. The number of aromatic nitrogens is 4. The van der Waals surface area contributed by atoms with Crippen molar-refractivity contribution in [1.82, 2.24) is 20.0 Å². The lowest BCUT2D eigenvalue weighted by molar-refractivity contribution is 0.0936. The Morgan fingerprint density at radius 2 is 1.74 bits per heavy atom. The largest absolute Gasteiger partial charge is 0.302 e. The highest BCUT2D eigenvalue weighted by Gasteiger charge is 2.20. The van der Waals surface area contributed by atoms with Crippen molar-refractivity contribution in [3.8, 4) is 11.3 Å². The van der Waals surface area contributed by atoms with Crippen LogP contribution in [-0.2, 0) is 0 Å². The van der Waals surface area contributed by atoms with E-state index in [4.69, 9.17) is 34.8 Å². The van der Waals surface area contributed by atoms with Crippen LogP contribution in [0, 0.1) is 6.92 Å². The second-order valence-corrected chi connectivity index (χ2v) is 7.75. The van der Waals surface area contributed by atoms with Crippen molar-refractivity contribution in [1.29, 1.82) is 0 Å². The minimum absolute atomic E-state index is 0.00291. The maximum absolute atomic E-state index is 12.8. The molecule has 2 aromatic heterocycles. The third-order valence-corrected chi connectivity index (χ3v) is 5.35. The Hall–Kier alpha value is -3.20. The first-order valence-electron chi connectivity index (χ1n) is 8.88. The topological polar surface area (TPSA) is 108 Å². The van der Waals surface area contributed by atoms with Crippen molar-refractivity contribution >= 4 is 52.1 Å². The third-order valence-electron chi connectivity index (χ3n) is 4.36. The monoisotopic (exact) mass is 474 g/mol. The molecule has 0 aliphatic carbocycles. The Morgan fingerprint density at radius 1 is 1.00 bits per heavy atom. The van der Waals surface area contributed by atoms with Gasteiger partial charge < -0.3 is 0 Å². The maximum atomic E-state index is 12.8. The molecule has 2 aromatic carbocycles. The first-order chi connectivity index (χ1) is 14.8. The van der Waals surface area contributed by atoms with Gasteiger partial charge in [0.15, 0.2) is 5.69 Å². The van der Waals surface area contributed by atoms with E-state index >= 15 is 0 Å². The highest BCUT2D eigenvalue weighted by Crippen LogP contribution is 2.27. The van der Waals surface area contributed by atoms with Crippen LogP contribution in [0.3, 0.4) is 0 Å². The zero-order valence-corrected chi connectivity index (χ0v) is 18.1. The van der Waals surface area contributed by atoms with Crippen LogP contribution in [0.15, 0.2) is 63.6 Å². The molecule has 4 aromatic rings. The summed E-state index contributed by atoms with van der Waals surface area (Å²) >= 11 is 17.7. The molecule has 0 unspecified atom stereocenters. The molecule has 156 valence electrons. The molecule has 0 fully saturated rings. The van der Waals surface area contributed by atoms with E-state index in [-0.39, 0.29) is 11.4 Å². The Kier molecular flexibility index (Phi) is 5.77.